The summed E-state index contributed by atoms with van der Waals surface area (Å²) in [6, 6.07) is 32.0. The lowest BCUT2D eigenvalue weighted by atomic mass is 10.1. The van der Waals surface area contributed by atoms with E-state index in [1.54, 1.807) is 14.2 Å². The lowest BCUT2D eigenvalue weighted by molar-refractivity contribution is 0.275. The Morgan fingerprint density at radius 1 is 0.559 bits per heavy atom. The average Bonchev–Trinajstić information content (AvgIpc) is 2.90. The van der Waals surface area contributed by atoms with Gasteiger partial charge in [0.25, 0.3) is 0 Å². The fourth-order valence-corrected chi connectivity index (χ4v) is 3.56. The summed E-state index contributed by atoms with van der Waals surface area (Å²) >= 11 is 0. The Balaban J connectivity index is 1.55. The standard InChI is InChI=1S/C30H28O4/c1-31-28-19-25(20-29(30(28)32-2)34-22-24-13-7-4-8-14-24)17-18-26-15-9-10-16-27(26)33-21-23-11-5-3-6-12-23/h3-20H,21-22H2,1-2H3/b18-17-. The molecular weight excluding hydrogens is 424 g/mol. The molecule has 4 heteroatoms. The molecule has 0 heterocycles. The Morgan fingerprint density at radius 2 is 1.12 bits per heavy atom. The van der Waals surface area contributed by atoms with E-state index >= 15 is 0 Å². The van der Waals surface area contributed by atoms with E-state index in [9.17, 15) is 0 Å². The summed E-state index contributed by atoms with van der Waals surface area (Å²) in [7, 11) is 3.24. The van der Waals surface area contributed by atoms with Crippen molar-refractivity contribution in [3.05, 3.63) is 119 Å². The molecule has 4 nitrogen and oxygen atoms in total. The molecule has 0 radical (unpaired) electrons. The van der Waals surface area contributed by atoms with Crippen molar-refractivity contribution in [1.82, 2.24) is 0 Å². The van der Waals surface area contributed by atoms with E-state index in [1.165, 1.54) is 0 Å². The molecule has 0 bridgehead atoms. The molecule has 0 N–H and O–H groups in total. The highest BCUT2D eigenvalue weighted by molar-refractivity contribution is 5.75. The van der Waals surface area contributed by atoms with E-state index in [4.69, 9.17) is 18.9 Å². The second-order valence-electron chi connectivity index (χ2n) is 7.67. The van der Waals surface area contributed by atoms with Crippen LogP contribution in [0.25, 0.3) is 12.2 Å². The Bertz CT molecular complexity index is 1220. The highest BCUT2D eigenvalue weighted by Gasteiger charge is 2.13. The minimum absolute atomic E-state index is 0.434. The van der Waals surface area contributed by atoms with Crippen LogP contribution >= 0.6 is 0 Å². The smallest absolute Gasteiger partial charge is 0.203 e. The molecule has 4 aromatic carbocycles. The summed E-state index contributed by atoms with van der Waals surface area (Å²) in [4.78, 5) is 0. The van der Waals surface area contributed by atoms with Crippen LogP contribution in [0.15, 0.2) is 97.1 Å². The fourth-order valence-electron chi connectivity index (χ4n) is 3.56. The molecule has 0 atom stereocenters. The van der Waals surface area contributed by atoms with Crippen LogP contribution in [-0.4, -0.2) is 14.2 Å². The lowest BCUT2D eigenvalue weighted by Gasteiger charge is -2.15. The Hall–Kier alpha value is -4.18. The Morgan fingerprint density at radius 3 is 1.74 bits per heavy atom. The van der Waals surface area contributed by atoms with Gasteiger partial charge in [0, 0.05) is 5.56 Å². The van der Waals surface area contributed by atoms with Gasteiger partial charge in [-0.25, -0.2) is 0 Å². The van der Waals surface area contributed by atoms with E-state index in [0.717, 1.165) is 28.0 Å². The zero-order chi connectivity index (χ0) is 23.6. The zero-order valence-electron chi connectivity index (χ0n) is 19.4. The molecule has 0 saturated carbocycles. The summed E-state index contributed by atoms with van der Waals surface area (Å²) < 4.78 is 23.3. The first kappa shape index (κ1) is 23.0. The Labute approximate surface area is 201 Å². The molecule has 4 rings (SSSR count). The minimum Gasteiger partial charge on any atom is -0.493 e. The van der Waals surface area contributed by atoms with E-state index in [2.05, 4.69) is 12.1 Å². The summed E-state index contributed by atoms with van der Waals surface area (Å²) in [5.41, 5.74) is 4.12. The molecular formula is C30H28O4. The molecule has 172 valence electrons. The number of para-hydroxylation sites is 1. The molecule has 4 aromatic rings. The molecule has 0 aliphatic carbocycles. The number of benzene rings is 4. The van der Waals surface area contributed by atoms with Gasteiger partial charge < -0.3 is 18.9 Å². The van der Waals surface area contributed by atoms with E-state index in [0.29, 0.717) is 30.5 Å². The first-order chi connectivity index (χ1) is 16.8. The predicted octanol–water partition coefficient (Wildman–Crippen LogP) is 7.03. The summed E-state index contributed by atoms with van der Waals surface area (Å²) in [6.07, 6.45) is 4.05. The largest absolute Gasteiger partial charge is 0.493 e. The van der Waals surface area contributed by atoms with Crippen molar-refractivity contribution in [3.63, 3.8) is 0 Å². The minimum atomic E-state index is 0.434. The third-order valence-electron chi connectivity index (χ3n) is 5.32. The summed E-state index contributed by atoms with van der Waals surface area (Å²) in [5, 5.41) is 0. The Kier molecular flexibility index (Phi) is 7.86. The monoisotopic (exact) mass is 452 g/mol. The van der Waals surface area contributed by atoms with Crippen LogP contribution in [-0.2, 0) is 13.2 Å². The third-order valence-corrected chi connectivity index (χ3v) is 5.32. The second kappa shape index (κ2) is 11.6. The molecule has 0 saturated heterocycles. The van der Waals surface area contributed by atoms with Crippen molar-refractivity contribution < 1.29 is 18.9 Å². The molecule has 0 aromatic heterocycles. The van der Waals surface area contributed by atoms with Crippen LogP contribution in [0, 0.1) is 0 Å². The quantitative estimate of drug-likeness (QED) is 0.242. The van der Waals surface area contributed by atoms with Crippen molar-refractivity contribution in [2.45, 2.75) is 13.2 Å². The van der Waals surface area contributed by atoms with Gasteiger partial charge in [-0.3, -0.25) is 0 Å². The number of methoxy groups -OCH3 is 2. The predicted molar refractivity (Wildman–Crippen MR) is 136 cm³/mol. The topological polar surface area (TPSA) is 36.9 Å². The maximum absolute atomic E-state index is 6.10. The van der Waals surface area contributed by atoms with Gasteiger partial charge in [-0.2, -0.15) is 0 Å². The van der Waals surface area contributed by atoms with Crippen LogP contribution in [0.1, 0.15) is 22.3 Å². The molecule has 0 aliphatic heterocycles. The van der Waals surface area contributed by atoms with Crippen LogP contribution in [0.5, 0.6) is 23.0 Å². The molecule has 0 aliphatic rings. The summed E-state index contributed by atoms with van der Waals surface area (Å²) in [6.45, 7) is 0.948. The van der Waals surface area contributed by atoms with E-state index in [-0.39, 0.29) is 0 Å². The van der Waals surface area contributed by atoms with Crippen LogP contribution in [0.2, 0.25) is 0 Å². The van der Waals surface area contributed by atoms with Crippen molar-refractivity contribution in [2.75, 3.05) is 14.2 Å². The molecule has 0 spiro atoms. The normalized spacial score (nSPS) is 10.8. The molecule has 0 fully saturated rings. The zero-order valence-corrected chi connectivity index (χ0v) is 19.4. The molecule has 0 unspecified atom stereocenters. The maximum Gasteiger partial charge on any atom is 0.203 e. The van der Waals surface area contributed by atoms with Gasteiger partial charge in [0.2, 0.25) is 5.75 Å². The fraction of sp³-hybridized carbons (Fsp3) is 0.133. The van der Waals surface area contributed by atoms with Crippen molar-refractivity contribution >= 4 is 12.2 Å². The van der Waals surface area contributed by atoms with E-state index in [1.807, 2.05) is 97.1 Å². The SMILES string of the molecule is COc1cc(/C=C\c2ccccc2OCc2ccccc2)cc(OCc2ccccc2)c1OC. The first-order valence-corrected chi connectivity index (χ1v) is 11.1. The van der Waals surface area contributed by atoms with Gasteiger partial charge in [-0.1, -0.05) is 91.0 Å². The van der Waals surface area contributed by atoms with Gasteiger partial charge in [0.1, 0.15) is 19.0 Å². The molecule has 0 amide bonds. The van der Waals surface area contributed by atoms with E-state index < -0.39 is 0 Å². The highest BCUT2D eigenvalue weighted by atomic mass is 16.5. The van der Waals surface area contributed by atoms with Gasteiger partial charge in [0.05, 0.1) is 14.2 Å². The number of rotatable bonds is 10. The van der Waals surface area contributed by atoms with Gasteiger partial charge in [-0.05, 0) is 34.9 Å². The lowest BCUT2D eigenvalue weighted by Crippen LogP contribution is -2.00. The third kappa shape index (κ3) is 5.99. The van der Waals surface area contributed by atoms with Crippen molar-refractivity contribution in [3.8, 4) is 23.0 Å². The number of ether oxygens (including phenoxy) is 4. The van der Waals surface area contributed by atoms with Crippen molar-refractivity contribution in [2.24, 2.45) is 0 Å². The van der Waals surface area contributed by atoms with Gasteiger partial charge >= 0.3 is 0 Å². The van der Waals surface area contributed by atoms with Gasteiger partial charge in [-0.15, -0.1) is 0 Å². The van der Waals surface area contributed by atoms with Crippen molar-refractivity contribution in [1.29, 1.82) is 0 Å². The van der Waals surface area contributed by atoms with Crippen LogP contribution in [0.3, 0.4) is 0 Å². The summed E-state index contributed by atoms with van der Waals surface area (Å²) in [5.74, 6) is 2.63. The number of hydrogen-bond donors (Lipinski definition) is 0. The molecule has 34 heavy (non-hydrogen) atoms. The number of hydrogen-bond acceptors (Lipinski definition) is 4. The first-order valence-electron chi connectivity index (χ1n) is 11.1. The average molecular weight is 453 g/mol. The van der Waals surface area contributed by atoms with Crippen LogP contribution in [0.4, 0.5) is 0 Å². The maximum atomic E-state index is 6.10. The van der Waals surface area contributed by atoms with Gasteiger partial charge in [0.15, 0.2) is 11.5 Å². The van der Waals surface area contributed by atoms with Crippen LogP contribution < -0.4 is 18.9 Å². The highest BCUT2D eigenvalue weighted by Crippen LogP contribution is 2.39. The second-order valence-corrected chi connectivity index (χ2v) is 7.67.